The molecule has 0 saturated carbocycles. The quantitative estimate of drug-likeness (QED) is 0.795. The topological polar surface area (TPSA) is 42.4 Å². The molecule has 0 radical (unpaired) electrons. The molecule has 0 unspecified atom stereocenters. The number of anilines is 1. The van der Waals surface area contributed by atoms with Crippen molar-refractivity contribution in [1.82, 2.24) is 4.98 Å². The zero-order valence-electron chi connectivity index (χ0n) is 10.9. The predicted molar refractivity (Wildman–Crippen MR) is 79.2 cm³/mol. The monoisotopic (exact) mass is 298 g/mol. The van der Waals surface area contributed by atoms with Crippen LogP contribution in [0.5, 0.6) is 0 Å². The molecule has 1 heterocycles. The third-order valence-electron chi connectivity index (χ3n) is 2.68. The van der Waals surface area contributed by atoms with Crippen LogP contribution in [0.3, 0.4) is 0 Å². The molecule has 1 amide bonds. The van der Waals surface area contributed by atoms with Crippen LogP contribution in [0.25, 0.3) is 10.2 Å². The molecule has 2 aromatic rings. The number of nitrogens with zero attached hydrogens (tertiary/aromatic N) is 2. The fourth-order valence-electron chi connectivity index (χ4n) is 1.63. The fraction of sp³-hybridized carbons (Fsp3) is 0.385. The number of hydrogen-bond acceptors (Lipinski definition) is 4. The van der Waals surface area contributed by atoms with E-state index in [1.54, 1.807) is 11.9 Å². The molecule has 0 atom stereocenters. The smallest absolute Gasteiger partial charge is 0.230 e. The molecule has 0 N–H and O–H groups in total. The lowest BCUT2D eigenvalue weighted by molar-refractivity contribution is -0.119. The number of amides is 1. The molecule has 0 aliphatic rings. The number of benzene rings is 1. The highest BCUT2D eigenvalue weighted by Crippen LogP contribution is 2.33. The first kappa shape index (κ1) is 14.2. The second kappa shape index (κ2) is 6.32. The van der Waals surface area contributed by atoms with Crippen molar-refractivity contribution in [1.29, 1.82) is 0 Å². The summed E-state index contributed by atoms with van der Waals surface area (Å²) in [4.78, 5) is 17.9. The van der Waals surface area contributed by atoms with Gasteiger partial charge in [0.05, 0.1) is 28.3 Å². The van der Waals surface area contributed by atoms with E-state index in [1.165, 1.54) is 11.3 Å². The molecule has 0 aliphatic carbocycles. The molecule has 1 aromatic heterocycles. The Hall–Kier alpha value is -1.17. The molecule has 1 aromatic carbocycles. The Morgan fingerprint density at radius 1 is 1.53 bits per heavy atom. The van der Waals surface area contributed by atoms with Crippen molar-refractivity contribution < 1.29 is 9.53 Å². The molecule has 0 fully saturated rings. The van der Waals surface area contributed by atoms with Gasteiger partial charge in [-0.05, 0) is 19.1 Å². The van der Waals surface area contributed by atoms with Gasteiger partial charge in [-0.15, -0.1) is 0 Å². The maximum Gasteiger partial charge on any atom is 0.230 e. The van der Waals surface area contributed by atoms with Gasteiger partial charge in [0, 0.05) is 13.7 Å². The van der Waals surface area contributed by atoms with Crippen LogP contribution in [0.2, 0.25) is 5.02 Å². The molecule has 2 rings (SSSR count). The maximum absolute atomic E-state index is 12.0. The van der Waals surface area contributed by atoms with Crippen LogP contribution in [0.4, 0.5) is 5.13 Å². The number of fused-ring (bicyclic) bond motifs is 1. The average Bonchev–Trinajstić information content (AvgIpc) is 2.83. The molecule has 6 heteroatoms. The van der Waals surface area contributed by atoms with Crippen molar-refractivity contribution >= 4 is 44.2 Å². The molecule has 0 bridgehead atoms. The molecule has 102 valence electrons. The highest BCUT2D eigenvalue weighted by Gasteiger charge is 2.16. The van der Waals surface area contributed by atoms with Gasteiger partial charge < -0.3 is 4.74 Å². The van der Waals surface area contributed by atoms with Gasteiger partial charge in [-0.25, -0.2) is 4.98 Å². The summed E-state index contributed by atoms with van der Waals surface area (Å²) < 4.78 is 6.09. The highest BCUT2D eigenvalue weighted by molar-refractivity contribution is 7.23. The third kappa shape index (κ3) is 3.23. The van der Waals surface area contributed by atoms with Crippen LogP contribution < -0.4 is 4.90 Å². The highest BCUT2D eigenvalue weighted by atomic mass is 35.5. The maximum atomic E-state index is 12.0. The summed E-state index contributed by atoms with van der Waals surface area (Å²) in [5.74, 6) is -0.0105. The second-order valence-electron chi connectivity index (χ2n) is 3.98. The summed E-state index contributed by atoms with van der Waals surface area (Å²) >= 11 is 7.52. The van der Waals surface area contributed by atoms with E-state index in [-0.39, 0.29) is 5.91 Å². The first-order valence-corrected chi connectivity index (χ1v) is 7.22. The Kier molecular flexibility index (Phi) is 4.74. The van der Waals surface area contributed by atoms with Gasteiger partial charge in [-0.3, -0.25) is 9.69 Å². The summed E-state index contributed by atoms with van der Waals surface area (Å²) in [6.07, 6.45) is 0.355. The number of halogens is 1. The van der Waals surface area contributed by atoms with E-state index in [0.29, 0.717) is 29.8 Å². The fourth-order valence-corrected chi connectivity index (χ4v) is 2.86. The van der Waals surface area contributed by atoms with Gasteiger partial charge in [0.2, 0.25) is 5.91 Å². The number of carbonyl (C=O) groups is 1. The first-order chi connectivity index (χ1) is 9.13. The van der Waals surface area contributed by atoms with Crippen LogP contribution in [-0.4, -0.2) is 31.2 Å². The van der Waals surface area contributed by atoms with E-state index in [9.17, 15) is 4.79 Å². The number of aromatic nitrogens is 1. The molecular formula is C13H15ClN2O2S. The minimum Gasteiger partial charge on any atom is -0.381 e. The molecule has 4 nitrogen and oxygen atoms in total. The number of rotatable bonds is 5. The van der Waals surface area contributed by atoms with E-state index in [4.69, 9.17) is 16.3 Å². The molecular weight excluding hydrogens is 284 g/mol. The second-order valence-corrected chi connectivity index (χ2v) is 5.37. The van der Waals surface area contributed by atoms with Crippen LogP contribution in [0, 0.1) is 0 Å². The van der Waals surface area contributed by atoms with E-state index in [1.807, 2.05) is 25.1 Å². The van der Waals surface area contributed by atoms with Crippen molar-refractivity contribution in [2.75, 3.05) is 25.2 Å². The van der Waals surface area contributed by atoms with Crippen molar-refractivity contribution in [3.8, 4) is 0 Å². The van der Waals surface area contributed by atoms with E-state index < -0.39 is 0 Å². The molecule has 0 spiro atoms. The number of hydrogen-bond donors (Lipinski definition) is 0. The molecule has 0 saturated heterocycles. The van der Waals surface area contributed by atoms with Crippen molar-refractivity contribution in [2.45, 2.75) is 13.3 Å². The molecule has 0 aliphatic heterocycles. The lowest BCUT2D eigenvalue weighted by atomic mass is 10.3. The minimum atomic E-state index is -0.0105. The van der Waals surface area contributed by atoms with Gasteiger partial charge in [0.1, 0.15) is 0 Å². The lowest BCUT2D eigenvalue weighted by Crippen LogP contribution is -2.26. The van der Waals surface area contributed by atoms with Gasteiger partial charge in [-0.1, -0.05) is 29.0 Å². The van der Waals surface area contributed by atoms with Crippen molar-refractivity contribution in [3.63, 3.8) is 0 Å². The SMILES string of the molecule is CCOCCC(=O)N(C)c1nc2cccc(Cl)c2s1. The number of ether oxygens (including phenoxy) is 1. The van der Waals surface area contributed by atoms with Gasteiger partial charge in [0.25, 0.3) is 0 Å². The summed E-state index contributed by atoms with van der Waals surface area (Å²) in [5, 5.41) is 1.32. The summed E-state index contributed by atoms with van der Waals surface area (Å²) in [5.41, 5.74) is 0.817. The van der Waals surface area contributed by atoms with Gasteiger partial charge in [0.15, 0.2) is 5.13 Å². The van der Waals surface area contributed by atoms with Gasteiger partial charge >= 0.3 is 0 Å². The van der Waals surface area contributed by atoms with E-state index in [2.05, 4.69) is 4.98 Å². The van der Waals surface area contributed by atoms with Crippen molar-refractivity contribution in [3.05, 3.63) is 23.2 Å². The largest absolute Gasteiger partial charge is 0.381 e. The third-order valence-corrected chi connectivity index (χ3v) is 4.29. The Balaban J connectivity index is 2.15. The van der Waals surface area contributed by atoms with Crippen LogP contribution in [0.15, 0.2) is 18.2 Å². The van der Waals surface area contributed by atoms with Crippen LogP contribution in [0.1, 0.15) is 13.3 Å². The normalized spacial score (nSPS) is 10.9. The summed E-state index contributed by atoms with van der Waals surface area (Å²) in [7, 11) is 1.72. The minimum absolute atomic E-state index is 0.0105. The molecule has 19 heavy (non-hydrogen) atoms. The Morgan fingerprint density at radius 3 is 3.00 bits per heavy atom. The lowest BCUT2D eigenvalue weighted by Gasteiger charge is -2.13. The van der Waals surface area contributed by atoms with Gasteiger partial charge in [-0.2, -0.15) is 0 Å². The summed E-state index contributed by atoms with van der Waals surface area (Å²) in [6, 6.07) is 5.56. The van der Waals surface area contributed by atoms with E-state index >= 15 is 0 Å². The van der Waals surface area contributed by atoms with E-state index in [0.717, 1.165) is 10.2 Å². The predicted octanol–water partition coefficient (Wildman–Crippen LogP) is 3.34. The zero-order valence-corrected chi connectivity index (χ0v) is 12.4. The summed E-state index contributed by atoms with van der Waals surface area (Å²) in [6.45, 7) is 2.96. The Labute approximate surface area is 121 Å². The Bertz CT molecular complexity index is 585. The number of carbonyl (C=O) groups excluding carboxylic acids is 1. The standard InChI is InChI=1S/C13H15ClN2O2S/c1-3-18-8-7-11(17)16(2)13-15-10-6-4-5-9(14)12(10)19-13/h4-6H,3,7-8H2,1-2H3. The van der Waals surface area contributed by atoms with Crippen LogP contribution >= 0.6 is 22.9 Å². The van der Waals surface area contributed by atoms with Crippen molar-refractivity contribution in [2.24, 2.45) is 0 Å². The zero-order chi connectivity index (χ0) is 13.8. The first-order valence-electron chi connectivity index (χ1n) is 6.03. The average molecular weight is 299 g/mol. The number of thiazole rings is 1. The van der Waals surface area contributed by atoms with Crippen LogP contribution in [-0.2, 0) is 9.53 Å². The Morgan fingerprint density at radius 2 is 2.32 bits per heavy atom.